The number of hydrogen-bond donors (Lipinski definition) is 1. The zero-order valence-corrected chi connectivity index (χ0v) is 22.3. The van der Waals surface area contributed by atoms with E-state index in [1.165, 1.54) is 11.8 Å². The predicted octanol–water partition coefficient (Wildman–Crippen LogP) is 5.04. The number of carbonyl (C=O) groups is 1. The lowest BCUT2D eigenvalue weighted by Crippen LogP contribution is -2.41. The van der Waals surface area contributed by atoms with Crippen molar-refractivity contribution in [2.75, 3.05) is 36.0 Å². The molecule has 0 saturated heterocycles. The van der Waals surface area contributed by atoms with Crippen LogP contribution in [-0.2, 0) is 20.6 Å². The Kier molecular flexibility index (Phi) is 10.4. The molecule has 1 N–H and O–H groups in total. The minimum absolute atomic E-state index is 0.131. The van der Waals surface area contributed by atoms with Crippen molar-refractivity contribution in [2.45, 2.75) is 28.9 Å². The Balaban J connectivity index is 1.65. The van der Waals surface area contributed by atoms with E-state index in [1.54, 1.807) is 66.6 Å². The number of hydrogen-bond acceptors (Lipinski definition) is 7. The summed E-state index contributed by atoms with van der Waals surface area (Å²) in [6.07, 6.45) is 4.34. The summed E-state index contributed by atoms with van der Waals surface area (Å²) >= 11 is 3.25. The molecular weight excluding hydrogens is 504 g/mol. The molecule has 3 rings (SSSR count). The average Bonchev–Trinajstić information content (AvgIpc) is 3.39. The van der Waals surface area contributed by atoms with Crippen LogP contribution in [0.15, 0.2) is 81.1 Å². The van der Waals surface area contributed by atoms with Gasteiger partial charge in [-0.05, 0) is 86.0 Å². The van der Waals surface area contributed by atoms with Crippen molar-refractivity contribution in [1.82, 2.24) is 5.32 Å². The van der Waals surface area contributed by atoms with Crippen LogP contribution in [0.2, 0.25) is 0 Å². The van der Waals surface area contributed by atoms with Gasteiger partial charge in [0, 0.05) is 11.4 Å². The number of thioether (sulfide) groups is 2. The van der Waals surface area contributed by atoms with E-state index in [9.17, 15) is 13.2 Å². The van der Waals surface area contributed by atoms with Crippen molar-refractivity contribution in [3.63, 3.8) is 0 Å². The maximum absolute atomic E-state index is 13.5. The van der Waals surface area contributed by atoms with Crippen LogP contribution in [0.25, 0.3) is 0 Å². The van der Waals surface area contributed by atoms with E-state index in [2.05, 4.69) is 5.32 Å². The lowest BCUT2D eigenvalue weighted by molar-refractivity contribution is -0.119. The fourth-order valence-corrected chi connectivity index (χ4v) is 5.91. The van der Waals surface area contributed by atoms with Gasteiger partial charge in [0.2, 0.25) is 5.91 Å². The fourth-order valence-electron chi connectivity index (χ4n) is 3.22. The second-order valence-electron chi connectivity index (χ2n) is 7.45. The van der Waals surface area contributed by atoms with Crippen molar-refractivity contribution < 1.29 is 22.4 Å². The first-order valence-corrected chi connectivity index (χ1v) is 15.0. The molecule has 0 bridgehead atoms. The molecule has 7 nitrogen and oxygen atoms in total. The summed E-state index contributed by atoms with van der Waals surface area (Å²) in [5, 5.41) is 2.84. The Hall–Kier alpha value is -2.56. The van der Waals surface area contributed by atoms with Crippen molar-refractivity contribution >= 4 is 45.1 Å². The van der Waals surface area contributed by atoms with E-state index in [0.29, 0.717) is 24.6 Å². The van der Waals surface area contributed by atoms with Gasteiger partial charge >= 0.3 is 0 Å². The van der Waals surface area contributed by atoms with Gasteiger partial charge in [0.1, 0.15) is 18.1 Å². The van der Waals surface area contributed by atoms with E-state index in [0.717, 1.165) is 32.9 Å². The predicted molar refractivity (Wildman–Crippen MR) is 143 cm³/mol. The van der Waals surface area contributed by atoms with Crippen LogP contribution in [0.1, 0.15) is 19.1 Å². The quantitative estimate of drug-likeness (QED) is 0.229. The number of amides is 1. The number of rotatable bonds is 14. The second-order valence-corrected chi connectivity index (χ2v) is 11.3. The van der Waals surface area contributed by atoms with Gasteiger partial charge in [0.05, 0.1) is 29.2 Å². The highest BCUT2D eigenvalue weighted by Gasteiger charge is 2.27. The molecular formula is C25H30N2O5S3. The summed E-state index contributed by atoms with van der Waals surface area (Å²) < 4.78 is 38.9. The summed E-state index contributed by atoms with van der Waals surface area (Å²) in [5.41, 5.74) is 0.395. The zero-order valence-electron chi connectivity index (χ0n) is 19.8. The second kappa shape index (κ2) is 13.5. The van der Waals surface area contributed by atoms with Gasteiger partial charge in [0.15, 0.2) is 0 Å². The zero-order chi connectivity index (χ0) is 25.1. The van der Waals surface area contributed by atoms with Gasteiger partial charge in [-0.1, -0.05) is 0 Å². The molecule has 0 unspecified atom stereocenters. The lowest BCUT2D eigenvalue weighted by atomic mass is 10.3. The molecule has 35 heavy (non-hydrogen) atoms. The number of nitrogens with zero attached hydrogens (tertiary/aromatic N) is 1. The van der Waals surface area contributed by atoms with Crippen molar-refractivity contribution in [3.8, 4) is 5.75 Å². The van der Waals surface area contributed by atoms with E-state index in [-0.39, 0.29) is 17.3 Å². The molecule has 0 atom stereocenters. The Morgan fingerprint density at radius 2 is 1.83 bits per heavy atom. The van der Waals surface area contributed by atoms with Crippen LogP contribution in [0, 0.1) is 0 Å². The van der Waals surface area contributed by atoms with Gasteiger partial charge in [-0.3, -0.25) is 9.10 Å². The Labute approximate surface area is 215 Å². The van der Waals surface area contributed by atoms with Crippen molar-refractivity contribution in [2.24, 2.45) is 0 Å². The van der Waals surface area contributed by atoms with Crippen LogP contribution in [0.3, 0.4) is 0 Å². The molecule has 0 fully saturated rings. The van der Waals surface area contributed by atoms with E-state index >= 15 is 0 Å². The molecule has 0 aliphatic carbocycles. The van der Waals surface area contributed by atoms with Crippen LogP contribution in [0.4, 0.5) is 5.69 Å². The van der Waals surface area contributed by atoms with E-state index in [4.69, 9.17) is 9.15 Å². The summed E-state index contributed by atoms with van der Waals surface area (Å²) in [4.78, 5) is 13.8. The average molecular weight is 535 g/mol. The normalized spacial score (nSPS) is 11.3. The SMILES string of the molecule is CCOc1ccc(N(CC(=O)NCCCSCc2ccco2)S(=O)(=O)c2ccc(SC)cc2)cc1. The van der Waals surface area contributed by atoms with Gasteiger partial charge in [-0.2, -0.15) is 11.8 Å². The van der Waals surface area contributed by atoms with Gasteiger partial charge < -0.3 is 14.5 Å². The first kappa shape index (κ1) is 27.0. The topological polar surface area (TPSA) is 88.8 Å². The number of ether oxygens (including phenoxy) is 1. The fraction of sp³-hybridized carbons (Fsp3) is 0.320. The van der Waals surface area contributed by atoms with Gasteiger partial charge in [-0.25, -0.2) is 8.42 Å². The largest absolute Gasteiger partial charge is 0.494 e. The molecule has 0 aliphatic rings. The molecule has 1 heterocycles. The van der Waals surface area contributed by atoms with E-state index in [1.807, 2.05) is 25.3 Å². The number of carbonyl (C=O) groups excluding carboxylic acids is 1. The number of anilines is 1. The lowest BCUT2D eigenvalue weighted by Gasteiger charge is -2.24. The summed E-state index contributed by atoms with van der Waals surface area (Å²) in [5.74, 6) is 2.82. The minimum Gasteiger partial charge on any atom is -0.494 e. The van der Waals surface area contributed by atoms with Crippen LogP contribution in [0.5, 0.6) is 5.75 Å². The van der Waals surface area contributed by atoms with Crippen LogP contribution >= 0.6 is 23.5 Å². The number of sulfonamides is 1. The Morgan fingerprint density at radius 3 is 2.46 bits per heavy atom. The van der Waals surface area contributed by atoms with Gasteiger partial charge in [-0.15, -0.1) is 11.8 Å². The van der Waals surface area contributed by atoms with E-state index < -0.39 is 10.0 Å². The molecule has 3 aromatic rings. The minimum atomic E-state index is -3.96. The first-order chi connectivity index (χ1) is 16.9. The third kappa shape index (κ3) is 7.98. The van der Waals surface area contributed by atoms with Crippen LogP contribution < -0.4 is 14.4 Å². The molecule has 188 valence electrons. The maximum Gasteiger partial charge on any atom is 0.264 e. The maximum atomic E-state index is 13.5. The molecule has 2 aromatic carbocycles. The highest BCUT2D eigenvalue weighted by molar-refractivity contribution is 7.98. The van der Waals surface area contributed by atoms with Crippen molar-refractivity contribution in [1.29, 1.82) is 0 Å². The number of nitrogens with one attached hydrogen (secondary N) is 1. The summed E-state index contributed by atoms with van der Waals surface area (Å²) in [7, 11) is -3.96. The Morgan fingerprint density at radius 1 is 1.09 bits per heavy atom. The standard InChI is InChI=1S/C25H30N2O5S3/c1-3-31-21-9-7-20(8-10-21)27(35(29,30)24-13-11-23(33-2)12-14-24)18-25(28)26-15-5-17-34-19-22-6-4-16-32-22/h4,6-14,16H,3,5,15,17-19H2,1-2H3,(H,26,28). The molecule has 10 heteroatoms. The smallest absolute Gasteiger partial charge is 0.264 e. The number of furan rings is 1. The Bertz CT molecular complexity index is 1150. The monoisotopic (exact) mass is 534 g/mol. The first-order valence-electron chi connectivity index (χ1n) is 11.2. The molecule has 0 aliphatic heterocycles. The number of benzene rings is 2. The van der Waals surface area contributed by atoms with Crippen molar-refractivity contribution in [3.05, 3.63) is 72.7 Å². The highest BCUT2D eigenvalue weighted by atomic mass is 32.2. The third-order valence-corrected chi connectivity index (χ3v) is 8.58. The summed E-state index contributed by atoms with van der Waals surface area (Å²) in [6.45, 7) is 2.53. The molecule has 0 radical (unpaired) electrons. The molecule has 0 saturated carbocycles. The van der Waals surface area contributed by atoms with Crippen LogP contribution in [-0.4, -0.2) is 46.0 Å². The van der Waals surface area contributed by atoms with Gasteiger partial charge in [0.25, 0.3) is 10.0 Å². The molecule has 0 spiro atoms. The highest BCUT2D eigenvalue weighted by Crippen LogP contribution is 2.27. The molecule has 1 amide bonds. The third-order valence-electron chi connectivity index (χ3n) is 4.98. The summed E-state index contributed by atoms with van der Waals surface area (Å²) in [6, 6.07) is 17.1. The molecule has 1 aromatic heterocycles.